The van der Waals surface area contributed by atoms with Crippen LogP contribution in [0.3, 0.4) is 0 Å². The molecule has 0 aliphatic heterocycles. The van der Waals surface area contributed by atoms with Crippen LogP contribution >= 0.6 is 11.8 Å². The molecule has 2 nitrogen and oxygen atoms in total. The van der Waals surface area contributed by atoms with E-state index in [1.165, 1.54) is 26.5 Å². The first-order valence-corrected chi connectivity index (χ1v) is 8.68. The number of nitrogens with two attached hydrogens (primary N) is 1. The van der Waals surface area contributed by atoms with Crippen molar-refractivity contribution in [3.63, 3.8) is 0 Å². The number of nitrogens with zero attached hydrogens (tertiary/aromatic N) is 1. The number of aryl methyl sites for hydroxylation is 1. The number of hydrogen-bond acceptors (Lipinski definition) is 3. The number of benzene rings is 1. The summed E-state index contributed by atoms with van der Waals surface area (Å²) in [6, 6.07) is 12.5. The van der Waals surface area contributed by atoms with Crippen LogP contribution in [0.5, 0.6) is 0 Å². The molecule has 2 N–H and O–H groups in total. The van der Waals surface area contributed by atoms with Gasteiger partial charge in [0.1, 0.15) is 5.82 Å². The molecule has 0 amide bonds. The zero-order valence-corrected chi connectivity index (χ0v) is 14.9. The fourth-order valence-corrected chi connectivity index (χ4v) is 3.54. The lowest BCUT2D eigenvalue weighted by atomic mass is 10.0. The maximum atomic E-state index is 5.88. The summed E-state index contributed by atoms with van der Waals surface area (Å²) in [5, 5.41) is 0. The summed E-state index contributed by atoms with van der Waals surface area (Å²) in [6.07, 6.45) is 3.87. The summed E-state index contributed by atoms with van der Waals surface area (Å²) in [5.41, 5.74) is 10.7. The number of rotatable bonds is 6. The highest BCUT2D eigenvalue weighted by Gasteiger charge is 2.11. The van der Waals surface area contributed by atoms with Crippen LogP contribution in [-0.4, -0.2) is 4.98 Å². The van der Waals surface area contributed by atoms with E-state index in [-0.39, 0.29) is 0 Å². The Hall–Kier alpha value is -2.00. The van der Waals surface area contributed by atoms with Gasteiger partial charge in [0.05, 0.1) is 0 Å². The Labute approximate surface area is 143 Å². The molecular formula is C20H24N2S. The third-order valence-electron chi connectivity index (χ3n) is 3.61. The Bertz CT molecular complexity index is 732. The minimum absolute atomic E-state index is 0.541. The van der Waals surface area contributed by atoms with Crippen LogP contribution in [0.4, 0.5) is 5.82 Å². The van der Waals surface area contributed by atoms with Gasteiger partial charge in [0.2, 0.25) is 0 Å². The molecule has 1 aromatic carbocycles. The summed E-state index contributed by atoms with van der Waals surface area (Å²) in [7, 11) is 0. The molecule has 0 aliphatic carbocycles. The predicted octanol–water partition coefficient (Wildman–Crippen LogP) is 5.91. The molecule has 1 aromatic heterocycles. The normalized spacial score (nSPS) is 12.0. The van der Waals surface area contributed by atoms with Crippen LogP contribution in [0.25, 0.3) is 10.5 Å². The lowest BCUT2D eigenvalue weighted by Crippen LogP contribution is -1.93. The summed E-state index contributed by atoms with van der Waals surface area (Å²) in [5.74, 6) is 0.541. The molecule has 0 saturated heterocycles. The summed E-state index contributed by atoms with van der Waals surface area (Å²) >= 11 is 1.74. The van der Waals surface area contributed by atoms with Gasteiger partial charge < -0.3 is 5.73 Å². The summed E-state index contributed by atoms with van der Waals surface area (Å²) in [6.45, 7) is 10.7. The van der Waals surface area contributed by atoms with E-state index >= 15 is 0 Å². The number of hydrogen-bond donors (Lipinski definition) is 1. The molecule has 0 bridgehead atoms. The first kappa shape index (κ1) is 17.4. The van der Waals surface area contributed by atoms with Crippen molar-refractivity contribution in [3.05, 3.63) is 70.8 Å². The number of pyridine rings is 1. The van der Waals surface area contributed by atoms with E-state index in [4.69, 9.17) is 5.73 Å². The van der Waals surface area contributed by atoms with Gasteiger partial charge in [-0.15, -0.1) is 0 Å². The van der Waals surface area contributed by atoms with Crippen molar-refractivity contribution in [3.8, 4) is 0 Å². The van der Waals surface area contributed by atoms with E-state index in [1.807, 2.05) is 12.1 Å². The van der Waals surface area contributed by atoms with Crippen LogP contribution < -0.4 is 5.73 Å². The van der Waals surface area contributed by atoms with Gasteiger partial charge in [-0.25, -0.2) is 4.98 Å². The Balaban J connectivity index is 2.51. The third kappa shape index (κ3) is 4.73. The zero-order valence-electron chi connectivity index (χ0n) is 14.1. The minimum Gasteiger partial charge on any atom is -0.384 e. The van der Waals surface area contributed by atoms with Crippen molar-refractivity contribution >= 4 is 28.1 Å². The smallest absolute Gasteiger partial charge is 0.123 e. The van der Waals surface area contributed by atoms with Gasteiger partial charge in [-0.2, -0.15) is 0 Å². The molecule has 120 valence electrons. The second-order valence-electron chi connectivity index (χ2n) is 5.68. The number of thioether (sulfide) groups is 1. The third-order valence-corrected chi connectivity index (χ3v) is 4.85. The highest BCUT2D eigenvalue weighted by atomic mass is 32.2. The number of anilines is 1. The molecule has 0 spiro atoms. The fraction of sp³-hybridized carbons (Fsp3) is 0.250. The van der Waals surface area contributed by atoms with E-state index in [1.54, 1.807) is 18.0 Å². The molecule has 0 radical (unpaired) electrons. The Morgan fingerprint density at radius 3 is 2.65 bits per heavy atom. The standard InChI is InChI=1S/C20H24N2S/c1-5-7-15(3)23-20(18-10-11-22-19(21)13-18)16(4)17-9-6-8-14(2)12-17/h6,8-13H,3,5,7H2,1-2,4H3,(H2,21,22)/b20-16+. The van der Waals surface area contributed by atoms with Crippen LogP contribution in [0.15, 0.2) is 54.1 Å². The molecule has 2 aromatic rings. The fourth-order valence-electron chi connectivity index (χ4n) is 2.43. The molecule has 3 heteroatoms. The zero-order chi connectivity index (χ0) is 16.8. The number of aromatic nitrogens is 1. The Morgan fingerprint density at radius 2 is 2.00 bits per heavy atom. The lowest BCUT2D eigenvalue weighted by molar-refractivity contribution is 0.951. The SMILES string of the molecule is C=C(CCC)S/C(=C(\C)c1cccc(C)c1)c1ccnc(N)c1. The van der Waals surface area contributed by atoms with Gasteiger partial charge in [0.15, 0.2) is 0 Å². The Morgan fingerprint density at radius 1 is 1.22 bits per heavy atom. The minimum atomic E-state index is 0.541. The average Bonchev–Trinajstić information content (AvgIpc) is 2.52. The van der Waals surface area contributed by atoms with Crippen LogP contribution in [0.2, 0.25) is 0 Å². The topological polar surface area (TPSA) is 38.9 Å². The predicted molar refractivity (Wildman–Crippen MR) is 104 cm³/mol. The van der Waals surface area contributed by atoms with Crippen molar-refractivity contribution in [1.29, 1.82) is 0 Å². The number of nitrogen functional groups attached to an aromatic ring is 1. The lowest BCUT2D eigenvalue weighted by Gasteiger charge is -2.15. The molecule has 0 unspecified atom stereocenters. The van der Waals surface area contributed by atoms with Crippen molar-refractivity contribution < 1.29 is 0 Å². The maximum Gasteiger partial charge on any atom is 0.123 e. The first-order chi connectivity index (χ1) is 11.0. The quantitative estimate of drug-likeness (QED) is 0.718. The maximum absolute atomic E-state index is 5.88. The molecule has 0 saturated carbocycles. The molecule has 0 fully saturated rings. The van der Waals surface area contributed by atoms with E-state index < -0.39 is 0 Å². The van der Waals surface area contributed by atoms with Gasteiger partial charge in [-0.05, 0) is 54.0 Å². The largest absolute Gasteiger partial charge is 0.384 e. The summed E-state index contributed by atoms with van der Waals surface area (Å²) in [4.78, 5) is 6.48. The van der Waals surface area contributed by atoms with Crippen LogP contribution in [-0.2, 0) is 0 Å². The van der Waals surface area contributed by atoms with E-state index in [0.717, 1.165) is 18.4 Å². The van der Waals surface area contributed by atoms with Crippen molar-refractivity contribution in [1.82, 2.24) is 4.98 Å². The first-order valence-electron chi connectivity index (χ1n) is 7.86. The van der Waals surface area contributed by atoms with Crippen LogP contribution in [0, 0.1) is 6.92 Å². The monoisotopic (exact) mass is 324 g/mol. The molecule has 0 atom stereocenters. The molecule has 23 heavy (non-hydrogen) atoms. The van der Waals surface area contributed by atoms with E-state index in [9.17, 15) is 0 Å². The number of allylic oxidation sites excluding steroid dienone is 2. The van der Waals surface area contributed by atoms with E-state index in [0.29, 0.717) is 5.82 Å². The highest BCUT2D eigenvalue weighted by molar-refractivity contribution is 8.12. The van der Waals surface area contributed by atoms with Gasteiger partial charge in [0.25, 0.3) is 0 Å². The summed E-state index contributed by atoms with van der Waals surface area (Å²) < 4.78 is 0. The van der Waals surface area contributed by atoms with Gasteiger partial charge in [0, 0.05) is 11.1 Å². The average molecular weight is 324 g/mol. The highest BCUT2D eigenvalue weighted by Crippen LogP contribution is 2.40. The molecular weight excluding hydrogens is 300 g/mol. The van der Waals surface area contributed by atoms with Gasteiger partial charge in [-0.3, -0.25) is 0 Å². The van der Waals surface area contributed by atoms with Gasteiger partial charge in [-0.1, -0.05) is 61.5 Å². The molecule has 0 aliphatic rings. The van der Waals surface area contributed by atoms with Crippen molar-refractivity contribution in [2.45, 2.75) is 33.6 Å². The second-order valence-corrected chi connectivity index (χ2v) is 6.87. The second kappa shape index (κ2) is 8.02. The van der Waals surface area contributed by atoms with Crippen molar-refractivity contribution in [2.75, 3.05) is 5.73 Å². The van der Waals surface area contributed by atoms with E-state index in [2.05, 4.69) is 56.6 Å². The van der Waals surface area contributed by atoms with Gasteiger partial charge >= 0.3 is 0 Å². The Kier molecular flexibility index (Phi) is 6.05. The van der Waals surface area contributed by atoms with Crippen molar-refractivity contribution in [2.24, 2.45) is 0 Å². The molecule has 2 rings (SSSR count). The molecule has 1 heterocycles. The van der Waals surface area contributed by atoms with Crippen LogP contribution in [0.1, 0.15) is 43.4 Å².